The van der Waals surface area contributed by atoms with E-state index in [2.05, 4.69) is 29.6 Å². The number of nitro benzene ring substituents is 2. The lowest BCUT2D eigenvalue weighted by Gasteiger charge is -2.19. The van der Waals surface area contributed by atoms with Crippen LogP contribution in [0, 0.1) is 20.2 Å². The molecule has 52 heavy (non-hydrogen) atoms. The highest BCUT2D eigenvalue weighted by Gasteiger charge is 2.29. The zero-order valence-electron chi connectivity index (χ0n) is 29.3. The first-order chi connectivity index (χ1) is 25.4. The average molecular weight is 727 g/mol. The molecule has 4 rings (SSSR count). The normalized spacial score (nSPS) is 11.9. The van der Waals surface area contributed by atoms with E-state index in [9.17, 15) is 25.0 Å². The van der Waals surface area contributed by atoms with E-state index >= 15 is 0 Å². The Balaban J connectivity index is 0.888. The van der Waals surface area contributed by atoms with Crippen molar-refractivity contribution < 1.29 is 47.8 Å². The van der Waals surface area contributed by atoms with Crippen molar-refractivity contribution >= 4 is 23.2 Å². The zero-order chi connectivity index (χ0) is 37.0. The number of hydrogen-bond acceptors (Lipinski definition) is 13. The van der Waals surface area contributed by atoms with Crippen LogP contribution in [-0.2, 0) is 33.2 Å². The number of nitrogens with zero attached hydrogens (tertiary/aromatic N) is 3. The molecule has 1 aliphatic rings. The first-order valence-corrected chi connectivity index (χ1v) is 17.1. The topological polar surface area (TPSA) is 183 Å². The SMILES string of the molecule is CN(CCOCCOCCOCCOCCOCCOCCNc1ccc([N+](=O)[O-])cc1[N+](=O)[O-])C(=O)OCC1c2ccccc2-c2ccccc21. The minimum absolute atomic E-state index is 0.0214. The van der Waals surface area contributed by atoms with Gasteiger partial charge in [-0.25, -0.2) is 4.79 Å². The lowest BCUT2D eigenvalue weighted by Crippen LogP contribution is -2.32. The molecule has 0 aromatic heterocycles. The van der Waals surface area contributed by atoms with E-state index in [1.165, 1.54) is 39.3 Å². The molecule has 0 aliphatic heterocycles. The fourth-order valence-electron chi connectivity index (χ4n) is 5.39. The van der Waals surface area contributed by atoms with E-state index in [1.807, 2.05) is 24.3 Å². The number of rotatable bonds is 26. The van der Waals surface area contributed by atoms with E-state index in [0.717, 1.165) is 6.07 Å². The second kappa shape index (κ2) is 22.3. The highest BCUT2D eigenvalue weighted by molar-refractivity contribution is 5.79. The Morgan fingerprint density at radius 2 is 1.15 bits per heavy atom. The summed E-state index contributed by atoms with van der Waals surface area (Å²) in [4.78, 5) is 34.7. The van der Waals surface area contributed by atoms with Crippen LogP contribution in [0.5, 0.6) is 0 Å². The van der Waals surface area contributed by atoms with Gasteiger partial charge in [0.05, 0.1) is 95.2 Å². The van der Waals surface area contributed by atoms with Crippen molar-refractivity contribution in [3.63, 3.8) is 0 Å². The molecular formula is C36H46N4O12. The summed E-state index contributed by atoms with van der Waals surface area (Å²) in [7, 11) is 1.69. The van der Waals surface area contributed by atoms with E-state index in [4.69, 9.17) is 33.2 Å². The van der Waals surface area contributed by atoms with Crippen LogP contribution in [0.25, 0.3) is 11.1 Å². The second-order valence-corrected chi connectivity index (χ2v) is 11.5. The van der Waals surface area contributed by atoms with Gasteiger partial charge in [0.15, 0.2) is 0 Å². The monoisotopic (exact) mass is 726 g/mol. The Kier molecular flexibility index (Phi) is 17.2. The predicted molar refractivity (Wildman–Crippen MR) is 191 cm³/mol. The number of carbonyl (C=O) groups excluding carboxylic acids is 1. The van der Waals surface area contributed by atoms with Crippen molar-refractivity contribution in [2.75, 3.05) is 111 Å². The lowest BCUT2D eigenvalue weighted by atomic mass is 9.98. The fraction of sp³-hybridized carbons (Fsp3) is 0.472. The van der Waals surface area contributed by atoms with Gasteiger partial charge in [-0.1, -0.05) is 48.5 Å². The van der Waals surface area contributed by atoms with Gasteiger partial charge in [-0.3, -0.25) is 20.2 Å². The molecule has 0 saturated heterocycles. The summed E-state index contributed by atoms with van der Waals surface area (Å²) in [5, 5.41) is 24.8. The standard InChI is InChI=1S/C36H46N4O12/c1-38(36(41)52-27-33-31-8-4-2-6-29(31)30-7-3-5-9-32(30)33)13-15-47-17-19-49-21-23-51-25-24-50-22-20-48-18-16-46-14-12-37-34-11-10-28(39(42)43)26-35(34)40(44)45/h2-11,26,33,37H,12-25,27H2,1H3. The zero-order valence-corrected chi connectivity index (χ0v) is 29.3. The van der Waals surface area contributed by atoms with Crippen molar-refractivity contribution in [1.29, 1.82) is 0 Å². The highest BCUT2D eigenvalue weighted by Crippen LogP contribution is 2.44. The van der Waals surface area contributed by atoms with E-state index in [1.54, 1.807) is 7.05 Å². The molecule has 0 radical (unpaired) electrons. The number of carbonyl (C=O) groups is 1. The Hall–Kier alpha value is -4.71. The molecule has 282 valence electrons. The average Bonchev–Trinajstić information content (AvgIpc) is 3.47. The molecule has 3 aromatic rings. The van der Waals surface area contributed by atoms with Crippen molar-refractivity contribution in [3.05, 3.63) is 98.1 Å². The third-order valence-corrected chi connectivity index (χ3v) is 8.03. The van der Waals surface area contributed by atoms with Gasteiger partial charge in [0.2, 0.25) is 0 Å². The van der Waals surface area contributed by atoms with Gasteiger partial charge in [0.25, 0.3) is 11.4 Å². The number of benzene rings is 3. The van der Waals surface area contributed by atoms with Crippen LogP contribution in [0.1, 0.15) is 17.0 Å². The third kappa shape index (κ3) is 12.8. The number of anilines is 1. The first kappa shape index (κ1) is 40.1. The number of nitrogens with one attached hydrogen (secondary N) is 1. The number of amides is 1. The second-order valence-electron chi connectivity index (χ2n) is 11.5. The van der Waals surface area contributed by atoms with Crippen molar-refractivity contribution in [2.45, 2.75) is 5.92 Å². The maximum absolute atomic E-state index is 12.6. The molecule has 0 spiro atoms. The Morgan fingerprint density at radius 3 is 1.65 bits per heavy atom. The molecule has 0 unspecified atom stereocenters. The van der Waals surface area contributed by atoms with Crippen LogP contribution in [0.2, 0.25) is 0 Å². The van der Waals surface area contributed by atoms with Crippen LogP contribution < -0.4 is 5.32 Å². The molecule has 0 fully saturated rings. The minimum Gasteiger partial charge on any atom is -0.448 e. The molecule has 1 amide bonds. The Labute approximate surface area is 302 Å². The molecule has 0 atom stereocenters. The molecule has 16 heteroatoms. The quantitative estimate of drug-likeness (QED) is 0.0671. The van der Waals surface area contributed by atoms with Gasteiger partial charge >= 0.3 is 6.09 Å². The summed E-state index contributed by atoms with van der Waals surface area (Å²) < 4.78 is 38.6. The molecule has 0 heterocycles. The van der Waals surface area contributed by atoms with Crippen molar-refractivity contribution in [1.82, 2.24) is 4.90 Å². The summed E-state index contributed by atoms with van der Waals surface area (Å²) in [6.45, 7) is 5.58. The van der Waals surface area contributed by atoms with E-state index < -0.39 is 9.85 Å². The van der Waals surface area contributed by atoms with E-state index in [0.29, 0.717) is 79.2 Å². The number of hydrogen-bond donors (Lipinski definition) is 1. The number of fused-ring (bicyclic) bond motifs is 3. The van der Waals surface area contributed by atoms with Gasteiger partial charge in [-0.2, -0.15) is 0 Å². The first-order valence-electron chi connectivity index (χ1n) is 17.1. The largest absolute Gasteiger partial charge is 0.448 e. The number of ether oxygens (including phenoxy) is 7. The maximum Gasteiger partial charge on any atom is 0.409 e. The number of non-ortho nitro benzene ring substituents is 1. The summed E-state index contributed by atoms with van der Waals surface area (Å²) in [5.41, 5.74) is 4.20. The predicted octanol–water partition coefficient (Wildman–Crippen LogP) is 4.90. The molecule has 1 aliphatic carbocycles. The molecule has 16 nitrogen and oxygen atoms in total. The van der Waals surface area contributed by atoms with Gasteiger partial charge in [0.1, 0.15) is 12.3 Å². The maximum atomic E-state index is 12.6. The van der Waals surface area contributed by atoms with Crippen molar-refractivity contribution in [2.24, 2.45) is 0 Å². The minimum atomic E-state index is -0.683. The molecule has 1 N–H and O–H groups in total. The molecular weight excluding hydrogens is 680 g/mol. The van der Waals surface area contributed by atoms with Gasteiger partial charge in [-0.15, -0.1) is 0 Å². The smallest absolute Gasteiger partial charge is 0.409 e. The van der Waals surface area contributed by atoms with Crippen LogP contribution in [-0.4, -0.2) is 127 Å². The Morgan fingerprint density at radius 1 is 0.673 bits per heavy atom. The van der Waals surface area contributed by atoms with Crippen LogP contribution >= 0.6 is 0 Å². The molecule has 0 bridgehead atoms. The van der Waals surface area contributed by atoms with Crippen molar-refractivity contribution in [3.8, 4) is 11.1 Å². The van der Waals surface area contributed by atoms with Gasteiger partial charge in [-0.05, 0) is 28.3 Å². The fourth-order valence-corrected chi connectivity index (χ4v) is 5.39. The Bertz CT molecular complexity index is 1530. The van der Waals surface area contributed by atoms with E-state index in [-0.39, 0.29) is 48.8 Å². The lowest BCUT2D eigenvalue weighted by molar-refractivity contribution is -0.393. The van der Waals surface area contributed by atoms with Gasteiger partial charge in [0, 0.05) is 32.1 Å². The number of nitro groups is 2. The molecule has 0 saturated carbocycles. The summed E-state index contributed by atoms with van der Waals surface area (Å²) >= 11 is 0. The molecule has 3 aromatic carbocycles. The van der Waals surface area contributed by atoms with Crippen LogP contribution in [0.15, 0.2) is 66.7 Å². The van der Waals surface area contributed by atoms with Crippen LogP contribution in [0.3, 0.4) is 0 Å². The van der Waals surface area contributed by atoms with Crippen LogP contribution in [0.4, 0.5) is 21.9 Å². The summed E-state index contributed by atoms with van der Waals surface area (Å²) in [5.74, 6) is 0.0214. The number of likely N-dealkylation sites (N-methyl/N-ethyl adjacent to an activating group) is 1. The highest BCUT2D eigenvalue weighted by atomic mass is 16.6. The van der Waals surface area contributed by atoms with Gasteiger partial charge < -0.3 is 43.4 Å². The summed E-state index contributed by atoms with van der Waals surface area (Å²) in [6.07, 6.45) is -0.385. The third-order valence-electron chi connectivity index (χ3n) is 8.03. The summed E-state index contributed by atoms with van der Waals surface area (Å²) in [6, 6.07) is 19.9.